The molecule has 0 saturated carbocycles. The van der Waals surface area contributed by atoms with E-state index in [4.69, 9.17) is 18.9 Å². The first kappa shape index (κ1) is 29.2. The summed E-state index contributed by atoms with van der Waals surface area (Å²) in [6, 6.07) is 9.83. The number of thiophene rings is 1. The topological polar surface area (TPSA) is 91.4 Å². The van der Waals surface area contributed by atoms with Crippen molar-refractivity contribution in [3.8, 4) is 17.2 Å². The van der Waals surface area contributed by atoms with Crippen LogP contribution in [-0.2, 0) is 19.1 Å². The number of Topliss-reactive ketones (excluding diaryl/α,β-unsaturated/α-hetero) is 1. The van der Waals surface area contributed by atoms with E-state index in [0.717, 1.165) is 15.8 Å². The van der Waals surface area contributed by atoms with E-state index in [2.05, 4.69) is 0 Å². The molecule has 0 spiro atoms. The van der Waals surface area contributed by atoms with Gasteiger partial charge in [-0.1, -0.05) is 6.07 Å². The summed E-state index contributed by atoms with van der Waals surface area (Å²) >= 11 is 1.37. The average molecular weight is 598 g/mol. The van der Waals surface area contributed by atoms with Gasteiger partial charge in [0, 0.05) is 40.5 Å². The molecule has 8 nitrogen and oxygen atoms in total. The van der Waals surface area contributed by atoms with Gasteiger partial charge < -0.3 is 18.9 Å². The Balaban J connectivity index is 1.77. The largest absolute Gasteiger partial charge is 0.493 e. The molecule has 42 heavy (non-hydrogen) atoms. The minimum absolute atomic E-state index is 0.0640. The summed E-state index contributed by atoms with van der Waals surface area (Å²) in [6.07, 6.45) is -0.173. The molecule has 0 radical (unpaired) electrons. The number of benzene rings is 2. The number of esters is 1. The van der Waals surface area contributed by atoms with E-state index in [1.54, 1.807) is 25.1 Å². The number of halogens is 2. The lowest BCUT2D eigenvalue weighted by atomic mass is 9.69. The number of ether oxygens (including phenoxy) is 4. The highest BCUT2D eigenvalue weighted by atomic mass is 32.1. The maximum absolute atomic E-state index is 15.2. The number of allylic oxidation sites excluding steroid dienone is 2. The second-order valence-corrected chi connectivity index (χ2v) is 10.8. The van der Waals surface area contributed by atoms with E-state index in [1.807, 2.05) is 11.4 Å². The molecule has 1 aliphatic carbocycles. The highest BCUT2D eigenvalue weighted by molar-refractivity contribution is 7.10. The van der Waals surface area contributed by atoms with Gasteiger partial charge in [-0.3, -0.25) is 19.3 Å². The van der Waals surface area contributed by atoms with Crippen LogP contribution in [0.1, 0.15) is 42.0 Å². The number of anilines is 1. The Hall–Kier alpha value is -4.25. The molecule has 220 valence electrons. The SMILES string of the molecule is CCOC(=O)[C@H]1C(=O)C2=C(C[C@H]1c1cccs1)N(c1ccc(F)cc1F)C(=O)C[C@H]2c1cc(OC)c(OC)c(OC)c1. The van der Waals surface area contributed by atoms with E-state index in [1.165, 1.54) is 38.7 Å². The molecule has 2 heterocycles. The quantitative estimate of drug-likeness (QED) is 0.241. The number of amides is 1. The van der Waals surface area contributed by atoms with Crippen LogP contribution in [0.4, 0.5) is 14.5 Å². The minimum Gasteiger partial charge on any atom is -0.493 e. The van der Waals surface area contributed by atoms with Crippen LogP contribution in [0.25, 0.3) is 0 Å². The Morgan fingerprint density at radius 1 is 1.00 bits per heavy atom. The minimum atomic E-state index is -1.18. The van der Waals surface area contributed by atoms with Crippen molar-refractivity contribution < 1.29 is 42.1 Å². The molecule has 0 saturated heterocycles. The van der Waals surface area contributed by atoms with Gasteiger partial charge in [0.1, 0.15) is 17.6 Å². The van der Waals surface area contributed by atoms with Gasteiger partial charge in [0.25, 0.3) is 0 Å². The Bertz CT molecular complexity index is 1540. The maximum Gasteiger partial charge on any atom is 0.317 e. The van der Waals surface area contributed by atoms with Crippen molar-refractivity contribution in [1.29, 1.82) is 0 Å². The lowest BCUT2D eigenvalue weighted by Crippen LogP contribution is -2.46. The van der Waals surface area contributed by atoms with E-state index >= 15 is 4.39 Å². The molecule has 3 aromatic rings. The van der Waals surface area contributed by atoms with Crippen molar-refractivity contribution in [3.05, 3.63) is 81.2 Å². The highest BCUT2D eigenvalue weighted by Gasteiger charge is 2.50. The number of ketones is 1. The van der Waals surface area contributed by atoms with Crippen LogP contribution >= 0.6 is 11.3 Å². The molecule has 3 atom stereocenters. The fourth-order valence-corrected chi connectivity index (χ4v) is 6.70. The molecule has 1 aliphatic heterocycles. The molecule has 2 aliphatic rings. The average Bonchev–Trinajstić information content (AvgIpc) is 3.51. The van der Waals surface area contributed by atoms with Crippen LogP contribution in [0.2, 0.25) is 0 Å². The third kappa shape index (κ3) is 5.02. The summed E-state index contributed by atoms with van der Waals surface area (Å²) in [5.41, 5.74) is 0.762. The molecule has 5 rings (SSSR count). The van der Waals surface area contributed by atoms with Gasteiger partial charge in [-0.15, -0.1) is 11.3 Å². The summed E-state index contributed by atoms with van der Waals surface area (Å²) in [6.45, 7) is 1.74. The van der Waals surface area contributed by atoms with Crippen molar-refractivity contribution >= 4 is 34.7 Å². The van der Waals surface area contributed by atoms with Gasteiger partial charge in [-0.05, 0) is 54.6 Å². The van der Waals surface area contributed by atoms with Crippen LogP contribution < -0.4 is 19.1 Å². The van der Waals surface area contributed by atoms with Gasteiger partial charge in [0.05, 0.1) is 33.6 Å². The van der Waals surface area contributed by atoms with Crippen molar-refractivity contribution in [3.63, 3.8) is 0 Å². The molecular formula is C31H29F2NO7S. The monoisotopic (exact) mass is 597 g/mol. The van der Waals surface area contributed by atoms with Crippen molar-refractivity contribution in [2.75, 3.05) is 32.8 Å². The van der Waals surface area contributed by atoms with Gasteiger partial charge in [0.2, 0.25) is 11.7 Å². The molecule has 0 fully saturated rings. The van der Waals surface area contributed by atoms with Crippen LogP contribution in [0.5, 0.6) is 17.2 Å². The highest BCUT2D eigenvalue weighted by Crippen LogP contribution is 2.52. The maximum atomic E-state index is 15.2. The molecule has 2 aromatic carbocycles. The van der Waals surface area contributed by atoms with Gasteiger partial charge >= 0.3 is 5.97 Å². The zero-order chi connectivity index (χ0) is 30.1. The van der Waals surface area contributed by atoms with Crippen molar-refractivity contribution in [2.24, 2.45) is 5.92 Å². The Morgan fingerprint density at radius 2 is 1.71 bits per heavy atom. The zero-order valence-corrected chi connectivity index (χ0v) is 24.3. The van der Waals surface area contributed by atoms with Crippen LogP contribution in [0.15, 0.2) is 59.1 Å². The van der Waals surface area contributed by atoms with Crippen molar-refractivity contribution in [2.45, 2.75) is 31.6 Å². The van der Waals surface area contributed by atoms with E-state index < -0.39 is 47.0 Å². The van der Waals surface area contributed by atoms with Crippen LogP contribution in [-0.4, -0.2) is 45.6 Å². The first-order valence-corrected chi connectivity index (χ1v) is 14.2. The zero-order valence-electron chi connectivity index (χ0n) is 23.4. The number of hydrogen-bond donors (Lipinski definition) is 0. The summed E-state index contributed by atoms with van der Waals surface area (Å²) in [7, 11) is 4.36. The van der Waals surface area contributed by atoms with Gasteiger partial charge in [-0.25, -0.2) is 8.78 Å². The number of rotatable bonds is 8. The Kier molecular flexibility index (Phi) is 8.31. The molecule has 0 unspecified atom stereocenters. The van der Waals surface area contributed by atoms with Crippen LogP contribution in [0.3, 0.4) is 0 Å². The molecule has 0 N–H and O–H groups in total. The predicted octanol–water partition coefficient (Wildman–Crippen LogP) is 5.76. The lowest BCUT2D eigenvalue weighted by molar-refractivity contribution is -0.152. The number of hydrogen-bond acceptors (Lipinski definition) is 8. The smallest absolute Gasteiger partial charge is 0.317 e. The molecule has 1 amide bonds. The summed E-state index contributed by atoms with van der Waals surface area (Å²) in [5, 5.41) is 1.83. The normalized spacial score (nSPS) is 20.3. The lowest BCUT2D eigenvalue weighted by Gasteiger charge is -2.42. The third-order valence-corrected chi connectivity index (χ3v) is 8.61. The fourth-order valence-electron chi connectivity index (χ4n) is 5.83. The van der Waals surface area contributed by atoms with Crippen LogP contribution in [0, 0.1) is 17.6 Å². The number of methoxy groups -OCH3 is 3. The van der Waals surface area contributed by atoms with E-state index in [-0.39, 0.29) is 36.4 Å². The predicted molar refractivity (Wildman–Crippen MR) is 151 cm³/mol. The van der Waals surface area contributed by atoms with Gasteiger partial charge in [0.15, 0.2) is 17.3 Å². The first-order chi connectivity index (χ1) is 20.2. The fraction of sp³-hybridized carbons (Fsp3) is 0.323. The first-order valence-electron chi connectivity index (χ1n) is 13.3. The summed E-state index contributed by atoms with van der Waals surface area (Å²) in [5.74, 6) is -5.15. The number of carbonyl (C=O) groups is 3. The van der Waals surface area contributed by atoms with Gasteiger partial charge in [-0.2, -0.15) is 0 Å². The molecule has 0 bridgehead atoms. The Labute approximate surface area is 245 Å². The Morgan fingerprint density at radius 3 is 2.29 bits per heavy atom. The van der Waals surface area contributed by atoms with E-state index in [9.17, 15) is 18.8 Å². The molecular weight excluding hydrogens is 568 g/mol. The van der Waals surface area contributed by atoms with Crippen molar-refractivity contribution in [1.82, 2.24) is 0 Å². The summed E-state index contributed by atoms with van der Waals surface area (Å²) < 4.78 is 50.9. The number of nitrogens with zero attached hydrogens (tertiary/aromatic N) is 1. The second kappa shape index (κ2) is 11.9. The molecule has 11 heteroatoms. The second-order valence-electron chi connectivity index (χ2n) is 9.82. The third-order valence-electron chi connectivity index (χ3n) is 7.61. The standard InChI is InChI=1S/C31H29F2NO7S/c1-5-41-31(37)28-19(25-7-6-10-42-25)14-22-27(29(28)36)18(16-11-23(38-2)30(40-4)24(12-16)39-3)15-26(35)34(22)21-9-8-17(32)13-20(21)33/h6-13,18-19,28H,5,14-15H2,1-4H3/t18-,19-,28+/m0/s1. The van der Waals surface area contributed by atoms with E-state index in [0.29, 0.717) is 28.9 Å². The molecule has 1 aromatic heterocycles. The summed E-state index contributed by atoms with van der Waals surface area (Å²) in [4.78, 5) is 43.6. The number of carbonyl (C=O) groups excluding carboxylic acids is 3.